The van der Waals surface area contributed by atoms with Gasteiger partial charge in [-0.2, -0.15) is 26.0 Å². The van der Waals surface area contributed by atoms with Crippen molar-refractivity contribution in [1.29, 1.82) is 0 Å². The Hall–Kier alpha value is 0.0900. The summed E-state index contributed by atoms with van der Waals surface area (Å²) in [7, 11) is -5.84. The summed E-state index contributed by atoms with van der Waals surface area (Å²) >= 11 is 6.06. The van der Waals surface area contributed by atoms with Gasteiger partial charge in [0.25, 0.3) is 0 Å². The van der Waals surface area contributed by atoms with Crippen molar-refractivity contribution in [3.8, 4) is 0 Å². The summed E-state index contributed by atoms with van der Waals surface area (Å²) in [5, 5.41) is 11.2. The van der Waals surface area contributed by atoms with Crippen LogP contribution in [0.15, 0.2) is 16.5 Å². The van der Waals surface area contributed by atoms with Gasteiger partial charge >= 0.3 is 21.5 Å². The largest absolute Gasteiger partial charge is 0.861 e. The zero-order chi connectivity index (χ0) is 19.4. The third-order valence-corrected chi connectivity index (χ3v) is 7.19. The molecule has 1 aromatic rings. The molecule has 0 atom stereocenters. The van der Waals surface area contributed by atoms with E-state index < -0.39 is 33.8 Å². The molecule has 6 nitrogen and oxygen atoms in total. The molecule has 0 bridgehead atoms. The minimum Gasteiger partial charge on any atom is -0.861 e. The number of esters is 1. The van der Waals surface area contributed by atoms with Crippen LogP contribution < -0.4 is 5.11 Å². The van der Waals surface area contributed by atoms with Crippen LogP contribution >= 0.6 is 67.8 Å². The van der Waals surface area contributed by atoms with Gasteiger partial charge in [-0.3, -0.25) is 0 Å². The summed E-state index contributed by atoms with van der Waals surface area (Å²) in [5.41, 5.74) is -5.29. The van der Waals surface area contributed by atoms with Crippen LogP contribution in [0.25, 0.3) is 0 Å². The first-order valence-electron chi connectivity index (χ1n) is 6.24. The molecule has 0 fully saturated rings. The molecule has 1 aromatic carbocycles. The van der Waals surface area contributed by atoms with E-state index in [1.807, 2.05) is 51.2 Å². The molecule has 0 heterocycles. The zero-order valence-corrected chi connectivity index (χ0v) is 19.2. The first-order valence-corrected chi connectivity index (χ1v) is 10.9. The Labute approximate surface area is 182 Å². The molecule has 0 amide bonds. The molecule has 0 unspecified atom stereocenters. The second-order valence-electron chi connectivity index (χ2n) is 4.39. The van der Waals surface area contributed by atoms with Gasteiger partial charge in [0.2, 0.25) is 0 Å². The molecule has 140 valence electrons. The average molecular weight is 716 g/mol. The highest BCUT2D eigenvalue weighted by Gasteiger charge is 2.45. The average Bonchev–Trinajstić information content (AvgIpc) is 2.45. The van der Waals surface area contributed by atoms with Gasteiger partial charge in [-0.15, -0.1) is 0 Å². The van der Waals surface area contributed by atoms with Crippen LogP contribution in [0.2, 0.25) is 0 Å². The first-order chi connectivity index (χ1) is 11.3. The predicted molar refractivity (Wildman–Crippen MR) is 107 cm³/mol. The Morgan fingerprint density at radius 1 is 1.24 bits per heavy atom. The lowest BCUT2D eigenvalue weighted by molar-refractivity contribution is -0.218. The van der Waals surface area contributed by atoms with Crippen LogP contribution in [0.4, 0.5) is 13.2 Å². The summed E-state index contributed by atoms with van der Waals surface area (Å²) in [5.74, 6) is -2.10. The highest BCUT2D eigenvalue weighted by atomic mass is 127. The predicted octanol–water partition coefficient (Wildman–Crippen LogP) is 3.05. The van der Waals surface area contributed by atoms with Gasteiger partial charge in [-0.25, -0.2) is 4.79 Å². The zero-order valence-electron chi connectivity index (χ0n) is 11.9. The maximum Gasteiger partial charge on any atom is 0.518 e. The Morgan fingerprint density at radius 2 is 1.84 bits per heavy atom. The SMILES string of the molecule is O=C(OCCC/C([O-])=N/S(=O)(=O)C(F)(F)F)c1cc(I)cc(I)c1I. The highest BCUT2D eigenvalue weighted by molar-refractivity contribution is 14.1. The minimum atomic E-state index is -5.84. The monoisotopic (exact) mass is 716 g/mol. The van der Waals surface area contributed by atoms with E-state index in [9.17, 15) is 31.5 Å². The molecular formula is C12H8F3I3NO5S-. The molecule has 13 heteroatoms. The van der Waals surface area contributed by atoms with E-state index in [-0.39, 0.29) is 13.0 Å². The molecular weight excluding hydrogens is 708 g/mol. The Bertz CT molecular complexity index is 796. The molecule has 0 aliphatic rings. The van der Waals surface area contributed by atoms with Crippen LogP contribution in [-0.2, 0) is 14.8 Å². The molecule has 0 saturated heterocycles. The Morgan fingerprint density at radius 3 is 2.40 bits per heavy atom. The fourth-order valence-electron chi connectivity index (χ4n) is 1.40. The maximum absolute atomic E-state index is 12.1. The summed E-state index contributed by atoms with van der Waals surface area (Å²) in [4.78, 5) is 12.0. The lowest BCUT2D eigenvalue weighted by atomic mass is 10.2. The van der Waals surface area contributed by atoms with Gasteiger partial charge in [0.1, 0.15) is 0 Å². The summed E-state index contributed by atoms with van der Waals surface area (Å²) in [6, 6.07) is 3.48. The van der Waals surface area contributed by atoms with Crippen LogP contribution in [0, 0.1) is 10.7 Å². The number of ether oxygens (including phenoxy) is 1. The number of rotatable bonds is 6. The lowest BCUT2D eigenvalue weighted by Crippen LogP contribution is -2.26. The molecule has 0 saturated carbocycles. The summed E-state index contributed by atoms with van der Waals surface area (Å²) < 4.78 is 67.1. The number of hydrogen-bond donors (Lipinski definition) is 0. The first kappa shape index (κ1) is 23.1. The second-order valence-corrected chi connectivity index (χ2v) is 9.48. The van der Waals surface area contributed by atoms with Crippen molar-refractivity contribution < 1.29 is 36.2 Å². The van der Waals surface area contributed by atoms with Crippen molar-refractivity contribution in [3.05, 3.63) is 28.4 Å². The second kappa shape index (κ2) is 9.34. The summed E-state index contributed by atoms with van der Waals surface area (Å²) in [6.07, 6.45) is -0.747. The number of hydrogen-bond acceptors (Lipinski definition) is 5. The Kier molecular flexibility index (Phi) is 8.64. The van der Waals surface area contributed by atoms with Crippen molar-refractivity contribution in [2.75, 3.05) is 6.61 Å². The van der Waals surface area contributed by atoms with E-state index in [2.05, 4.69) is 27.0 Å². The number of halogens is 6. The van der Waals surface area contributed by atoms with E-state index in [0.29, 0.717) is 9.13 Å². The number of alkyl halides is 3. The van der Waals surface area contributed by atoms with E-state index in [4.69, 9.17) is 4.74 Å². The third kappa shape index (κ3) is 6.96. The fourth-order valence-corrected chi connectivity index (χ4v) is 4.24. The van der Waals surface area contributed by atoms with Crippen LogP contribution in [0.1, 0.15) is 23.2 Å². The number of sulfonamides is 1. The van der Waals surface area contributed by atoms with Crippen molar-refractivity contribution in [2.45, 2.75) is 18.3 Å². The topological polar surface area (TPSA) is 95.9 Å². The van der Waals surface area contributed by atoms with Gasteiger partial charge < -0.3 is 9.84 Å². The standard InChI is InChI=1S/C12H9F3I3NO5S/c13-12(14,15)25(22,23)19-9(20)2-1-3-24-11(21)7-4-6(16)5-8(17)10(7)18/h4-5H,1-3H2,(H,19,20)/p-1. The molecule has 25 heavy (non-hydrogen) atoms. The van der Waals surface area contributed by atoms with Gasteiger partial charge in [0.05, 0.1) is 12.2 Å². The van der Waals surface area contributed by atoms with Crippen molar-refractivity contribution in [1.82, 2.24) is 0 Å². The van der Waals surface area contributed by atoms with E-state index in [1.54, 1.807) is 6.07 Å². The molecule has 0 aromatic heterocycles. The number of carbonyl (C=O) groups is 1. The number of benzene rings is 1. The maximum atomic E-state index is 12.1. The van der Waals surface area contributed by atoms with Gasteiger partial charge in [0.15, 0.2) is 0 Å². The van der Waals surface area contributed by atoms with Crippen molar-refractivity contribution in [2.24, 2.45) is 4.40 Å². The fraction of sp³-hybridized carbons (Fsp3) is 0.333. The van der Waals surface area contributed by atoms with Gasteiger partial charge in [-0.1, -0.05) is 0 Å². The van der Waals surface area contributed by atoms with Crippen molar-refractivity contribution in [3.63, 3.8) is 0 Å². The van der Waals surface area contributed by atoms with Crippen LogP contribution in [0.3, 0.4) is 0 Å². The van der Waals surface area contributed by atoms with E-state index in [1.165, 1.54) is 0 Å². The molecule has 0 aliphatic heterocycles. The van der Waals surface area contributed by atoms with Crippen LogP contribution in [-0.4, -0.2) is 32.4 Å². The van der Waals surface area contributed by atoms with Gasteiger partial charge in [0, 0.05) is 10.7 Å². The third-order valence-electron chi connectivity index (χ3n) is 2.50. The van der Waals surface area contributed by atoms with E-state index >= 15 is 0 Å². The normalized spacial score (nSPS) is 13.0. The molecule has 0 N–H and O–H groups in total. The lowest BCUT2D eigenvalue weighted by Gasteiger charge is -2.12. The highest BCUT2D eigenvalue weighted by Crippen LogP contribution is 2.25. The molecule has 0 aliphatic carbocycles. The molecule has 0 spiro atoms. The summed E-state index contributed by atoms with van der Waals surface area (Å²) in [6.45, 7) is -0.260. The quantitative estimate of drug-likeness (QED) is 0.113. The number of carbonyl (C=O) groups excluding carboxylic acids is 1. The Balaban J connectivity index is 2.61. The van der Waals surface area contributed by atoms with E-state index in [0.717, 1.165) is 7.14 Å². The smallest absolute Gasteiger partial charge is 0.518 e. The van der Waals surface area contributed by atoms with Gasteiger partial charge in [-0.05, 0) is 98.6 Å². The minimum absolute atomic E-state index is 0.154. The number of nitrogens with zero attached hydrogens (tertiary/aromatic N) is 1. The molecule has 0 radical (unpaired) electrons. The van der Waals surface area contributed by atoms with Crippen molar-refractivity contribution >= 4 is 89.7 Å². The molecule has 1 rings (SSSR count). The van der Waals surface area contributed by atoms with Crippen LogP contribution in [0.5, 0.6) is 0 Å².